The van der Waals surface area contributed by atoms with E-state index in [1.807, 2.05) is 6.07 Å². The predicted octanol–water partition coefficient (Wildman–Crippen LogP) is 5.98. The number of allylic oxidation sites excluding steroid dienone is 5. The first-order valence-corrected chi connectivity index (χ1v) is 9.34. The van der Waals surface area contributed by atoms with Crippen molar-refractivity contribution in [2.45, 2.75) is 25.2 Å². The fourth-order valence-corrected chi connectivity index (χ4v) is 4.16. The van der Waals surface area contributed by atoms with Crippen LogP contribution in [0.2, 0.25) is 0 Å². The Hall–Kier alpha value is -3.00. The second-order valence-corrected chi connectivity index (χ2v) is 7.22. The highest BCUT2D eigenvalue weighted by Gasteiger charge is 2.15. The van der Waals surface area contributed by atoms with Crippen molar-refractivity contribution in [2.24, 2.45) is 0 Å². The topological polar surface area (TPSA) is 41.8 Å². The van der Waals surface area contributed by atoms with Crippen molar-refractivity contribution >= 4 is 22.7 Å². The van der Waals surface area contributed by atoms with Crippen LogP contribution < -0.4 is 5.73 Å². The van der Waals surface area contributed by atoms with Gasteiger partial charge in [0.05, 0.1) is 0 Å². The van der Waals surface area contributed by atoms with Crippen LogP contribution in [-0.2, 0) is 6.42 Å². The van der Waals surface area contributed by atoms with E-state index >= 15 is 0 Å². The molecule has 5 rings (SSSR count). The Labute approximate surface area is 153 Å². The van der Waals surface area contributed by atoms with Crippen molar-refractivity contribution in [3.8, 4) is 11.1 Å². The molecule has 1 atom stereocenters. The van der Waals surface area contributed by atoms with Gasteiger partial charge in [-0.1, -0.05) is 54.7 Å². The summed E-state index contributed by atoms with van der Waals surface area (Å²) < 4.78 is 0. The largest absolute Gasteiger partial charge is 0.398 e. The predicted molar refractivity (Wildman–Crippen MR) is 111 cm³/mol. The Morgan fingerprint density at radius 3 is 2.73 bits per heavy atom. The average Bonchev–Trinajstić information content (AvgIpc) is 3.07. The van der Waals surface area contributed by atoms with E-state index in [1.54, 1.807) is 0 Å². The normalized spacial score (nSPS) is 18.4. The Morgan fingerprint density at radius 1 is 0.962 bits per heavy atom. The van der Waals surface area contributed by atoms with Crippen LogP contribution in [0.5, 0.6) is 0 Å². The number of nitrogen functional groups attached to an aromatic ring is 1. The first-order valence-electron chi connectivity index (χ1n) is 9.34. The molecule has 0 radical (unpaired) electrons. The van der Waals surface area contributed by atoms with Gasteiger partial charge in [0.1, 0.15) is 0 Å². The monoisotopic (exact) mass is 338 g/mol. The second-order valence-electron chi connectivity index (χ2n) is 7.22. The molecule has 0 saturated carbocycles. The number of aromatic amines is 1. The Morgan fingerprint density at radius 2 is 1.85 bits per heavy atom. The zero-order valence-corrected chi connectivity index (χ0v) is 14.7. The van der Waals surface area contributed by atoms with Gasteiger partial charge >= 0.3 is 0 Å². The van der Waals surface area contributed by atoms with Crippen LogP contribution in [0, 0.1) is 0 Å². The first kappa shape index (κ1) is 15.3. The lowest BCUT2D eigenvalue weighted by Gasteiger charge is -2.17. The van der Waals surface area contributed by atoms with Crippen molar-refractivity contribution in [3.05, 3.63) is 83.6 Å². The molecule has 2 aliphatic carbocycles. The third-order valence-corrected chi connectivity index (χ3v) is 5.57. The van der Waals surface area contributed by atoms with Crippen molar-refractivity contribution in [1.82, 2.24) is 4.98 Å². The molecule has 1 aromatic heterocycles. The molecule has 1 unspecified atom stereocenters. The number of benzene rings is 2. The molecule has 3 aromatic rings. The summed E-state index contributed by atoms with van der Waals surface area (Å²) in [6, 6.07) is 13.2. The average molecular weight is 338 g/mol. The summed E-state index contributed by atoms with van der Waals surface area (Å²) in [6.45, 7) is 0. The van der Waals surface area contributed by atoms with Gasteiger partial charge in [0.2, 0.25) is 0 Å². The van der Waals surface area contributed by atoms with Gasteiger partial charge in [-0.3, -0.25) is 0 Å². The lowest BCUT2D eigenvalue weighted by Crippen LogP contribution is -2.01. The van der Waals surface area contributed by atoms with Crippen LogP contribution in [0.1, 0.15) is 35.6 Å². The summed E-state index contributed by atoms with van der Waals surface area (Å²) in [5, 5.41) is 1.32. The molecule has 0 amide bonds. The number of fused-ring (bicyclic) bond motifs is 3. The van der Waals surface area contributed by atoms with Crippen LogP contribution in [0.4, 0.5) is 5.69 Å². The molecule has 0 fully saturated rings. The van der Waals surface area contributed by atoms with Gasteiger partial charge in [-0.2, -0.15) is 0 Å². The number of nitrogens with two attached hydrogens (primary N) is 1. The Kier molecular flexibility index (Phi) is 3.56. The SMILES string of the molecule is Nc1ccc(-c2ccc3c4c([nH]c3c2)CCC=C4)cc1C1C=CC=CC1. The minimum absolute atomic E-state index is 0.367. The fourth-order valence-electron chi connectivity index (χ4n) is 4.16. The van der Waals surface area contributed by atoms with Crippen molar-refractivity contribution in [3.63, 3.8) is 0 Å². The molecule has 0 bridgehead atoms. The van der Waals surface area contributed by atoms with Crippen LogP contribution in [0.25, 0.3) is 28.1 Å². The van der Waals surface area contributed by atoms with Crippen LogP contribution >= 0.6 is 0 Å². The van der Waals surface area contributed by atoms with Crippen molar-refractivity contribution < 1.29 is 0 Å². The number of rotatable bonds is 2. The summed E-state index contributed by atoms with van der Waals surface area (Å²) in [6.07, 6.45) is 16.4. The maximum atomic E-state index is 6.28. The molecular weight excluding hydrogens is 316 g/mol. The van der Waals surface area contributed by atoms with E-state index in [9.17, 15) is 0 Å². The zero-order chi connectivity index (χ0) is 17.5. The molecule has 2 aromatic carbocycles. The lowest BCUT2D eigenvalue weighted by atomic mass is 9.89. The summed E-state index contributed by atoms with van der Waals surface area (Å²) in [4.78, 5) is 3.62. The number of H-pyrrole nitrogens is 1. The molecule has 0 aliphatic heterocycles. The minimum atomic E-state index is 0.367. The fraction of sp³-hybridized carbons (Fsp3) is 0.167. The summed E-state index contributed by atoms with van der Waals surface area (Å²) in [7, 11) is 0. The highest BCUT2D eigenvalue weighted by atomic mass is 14.7. The number of nitrogens with one attached hydrogen (secondary N) is 1. The smallest absolute Gasteiger partial charge is 0.0468 e. The van der Waals surface area contributed by atoms with Crippen molar-refractivity contribution in [1.29, 1.82) is 0 Å². The third kappa shape index (κ3) is 2.50. The third-order valence-electron chi connectivity index (χ3n) is 5.57. The Bertz CT molecular complexity index is 1080. The van der Waals surface area contributed by atoms with Gasteiger partial charge in [0.15, 0.2) is 0 Å². The van der Waals surface area contributed by atoms with Gasteiger partial charge in [0, 0.05) is 33.8 Å². The van der Waals surface area contributed by atoms with E-state index in [1.165, 1.54) is 38.9 Å². The maximum Gasteiger partial charge on any atom is 0.0468 e. The molecular formula is C24H22N2. The van der Waals surface area contributed by atoms with Crippen LogP contribution in [0.3, 0.4) is 0 Å². The molecule has 2 heteroatoms. The second kappa shape index (κ2) is 6.06. The molecule has 0 saturated heterocycles. The molecule has 0 spiro atoms. The van der Waals surface area contributed by atoms with Gasteiger partial charge < -0.3 is 10.7 Å². The molecule has 2 aliphatic rings. The summed E-state index contributed by atoms with van der Waals surface area (Å²) in [5.41, 5.74) is 14.8. The first-order chi connectivity index (χ1) is 12.8. The van der Waals surface area contributed by atoms with Crippen LogP contribution in [-0.4, -0.2) is 4.98 Å². The minimum Gasteiger partial charge on any atom is -0.398 e. The van der Waals surface area contributed by atoms with Gasteiger partial charge in [-0.05, 0) is 54.2 Å². The van der Waals surface area contributed by atoms with E-state index in [2.05, 4.69) is 71.8 Å². The van der Waals surface area contributed by atoms with Crippen LogP contribution in [0.15, 0.2) is 66.8 Å². The highest BCUT2D eigenvalue weighted by Crippen LogP contribution is 2.35. The number of aromatic nitrogens is 1. The quantitative estimate of drug-likeness (QED) is 0.555. The van der Waals surface area contributed by atoms with E-state index in [0.717, 1.165) is 24.9 Å². The number of hydrogen-bond acceptors (Lipinski definition) is 1. The lowest BCUT2D eigenvalue weighted by molar-refractivity contribution is 0.857. The van der Waals surface area contributed by atoms with Gasteiger partial charge in [-0.25, -0.2) is 0 Å². The van der Waals surface area contributed by atoms with E-state index in [4.69, 9.17) is 5.73 Å². The number of hydrogen-bond donors (Lipinski definition) is 2. The zero-order valence-electron chi connectivity index (χ0n) is 14.7. The number of aryl methyl sites for hydroxylation is 1. The summed E-state index contributed by atoms with van der Waals surface area (Å²) >= 11 is 0. The van der Waals surface area contributed by atoms with Gasteiger partial charge in [0.25, 0.3) is 0 Å². The molecule has 128 valence electrons. The maximum absolute atomic E-state index is 6.28. The highest BCUT2D eigenvalue weighted by molar-refractivity contribution is 5.93. The summed E-state index contributed by atoms with van der Waals surface area (Å²) in [5.74, 6) is 0.367. The van der Waals surface area contributed by atoms with E-state index < -0.39 is 0 Å². The van der Waals surface area contributed by atoms with Crippen molar-refractivity contribution in [2.75, 3.05) is 5.73 Å². The molecule has 1 heterocycles. The number of anilines is 1. The molecule has 26 heavy (non-hydrogen) atoms. The van der Waals surface area contributed by atoms with E-state index in [-0.39, 0.29) is 0 Å². The molecule has 3 N–H and O–H groups in total. The standard InChI is InChI=1S/C24H22N2/c25-22-13-11-17(14-21(22)16-6-2-1-3-7-16)18-10-12-20-19-8-4-5-9-23(19)26-24(20)15-18/h1-4,6,8,10-16,26H,5,7,9,25H2. The van der Waals surface area contributed by atoms with E-state index in [0.29, 0.717) is 5.92 Å². The van der Waals surface area contributed by atoms with Gasteiger partial charge in [-0.15, -0.1) is 0 Å². The Balaban J connectivity index is 1.58. The molecule has 2 nitrogen and oxygen atoms in total.